The van der Waals surface area contributed by atoms with E-state index in [0.29, 0.717) is 10.6 Å². The maximum atomic E-state index is 5.86. The van der Waals surface area contributed by atoms with Crippen LogP contribution in [0.4, 0.5) is 0 Å². The van der Waals surface area contributed by atoms with Crippen LogP contribution in [-0.2, 0) is 10.3 Å². The Hall–Kier alpha value is -0.740. The fraction of sp³-hybridized carbons (Fsp3) is 0.733. The van der Waals surface area contributed by atoms with E-state index in [0.717, 1.165) is 30.3 Å². The van der Waals surface area contributed by atoms with Crippen LogP contribution < -0.4 is 0 Å². The minimum absolute atomic E-state index is 0.273. The molecule has 3 nitrogen and oxygen atoms in total. The van der Waals surface area contributed by atoms with Gasteiger partial charge in [0.05, 0.1) is 0 Å². The molecule has 0 atom stereocenters. The largest absolute Gasteiger partial charge is 0.370 e. The van der Waals surface area contributed by atoms with Crippen molar-refractivity contribution in [1.82, 2.24) is 9.97 Å². The van der Waals surface area contributed by atoms with Gasteiger partial charge in [-0.25, -0.2) is 4.98 Å². The summed E-state index contributed by atoms with van der Waals surface area (Å²) in [5, 5.41) is 0. The molecular weight excluding hydrogens is 256 g/mol. The predicted octanol–water partition coefficient (Wildman–Crippen LogP) is 4.31. The van der Waals surface area contributed by atoms with Gasteiger partial charge in [-0.3, -0.25) is 0 Å². The molecule has 1 aromatic rings. The first kappa shape index (κ1) is 14.7. The van der Waals surface area contributed by atoms with E-state index in [1.807, 2.05) is 6.07 Å². The van der Waals surface area contributed by atoms with Gasteiger partial charge >= 0.3 is 0 Å². The molecule has 0 unspecified atom stereocenters. The Morgan fingerprint density at radius 2 is 2.05 bits per heavy atom. The lowest BCUT2D eigenvalue weighted by Gasteiger charge is -2.37. The molecule has 2 rings (SSSR count). The SMILES string of the molecule is COC1(c2nc(=S)cc(C(C)C)[nH]2)CCC(C)CC1. The fourth-order valence-electron chi connectivity index (χ4n) is 2.77. The van der Waals surface area contributed by atoms with E-state index < -0.39 is 0 Å². The lowest BCUT2D eigenvalue weighted by atomic mass is 9.79. The first-order valence-corrected chi connectivity index (χ1v) is 7.54. The summed E-state index contributed by atoms with van der Waals surface area (Å²) in [4.78, 5) is 8.00. The highest BCUT2D eigenvalue weighted by molar-refractivity contribution is 7.71. The van der Waals surface area contributed by atoms with Gasteiger partial charge in [-0.2, -0.15) is 0 Å². The summed E-state index contributed by atoms with van der Waals surface area (Å²) in [5.74, 6) is 2.11. The summed E-state index contributed by atoms with van der Waals surface area (Å²) in [6.45, 7) is 6.62. The normalized spacial score (nSPS) is 27.7. The predicted molar refractivity (Wildman–Crippen MR) is 79.8 cm³/mol. The number of hydrogen-bond acceptors (Lipinski definition) is 3. The molecule has 1 heterocycles. The molecule has 1 fully saturated rings. The Morgan fingerprint density at radius 1 is 1.42 bits per heavy atom. The van der Waals surface area contributed by atoms with E-state index in [2.05, 4.69) is 30.7 Å². The van der Waals surface area contributed by atoms with Gasteiger partial charge in [0.1, 0.15) is 16.1 Å². The highest BCUT2D eigenvalue weighted by atomic mass is 32.1. The van der Waals surface area contributed by atoms with Gasteiger partial charge in [-0.05, 0) is 43.6 Å². The minimum atomic E-state index is -0.273. The zero-order valence-electron chi connectivity index (χ0n) is 12.3. The van der Waals surface area contributed by atoms with Crippen LogP contribution in [0, 0.1) is 10.6 Å². The average Bonchev–Trinajstić information content (AvgIpc) is 2.39. The molecule has 106 valence electrons. The van der Waals surface area contributed by atoms with Gasteiger partial charge < -0.3 is 9.72 Å². The quantitative estimate of drug-likeness (QED) is 0.838. The van der Waals surface area contributed by atoms with Gasteiger partial charge in [0.25, 0.3) is 0 Å². The van der Waals surface area contributed by atoms with Crippen LogP contribution in [0.5, 0.6) is 0 Å². The Kier molecular flexibility index (Phi) is 4.41. The van der Waals surface area contributed by atoms with Crippen molar-refractivity contribution in [2.24, 2.45) is 5.92 Å². The monoisotopic (exact) mass is 280 g/mol. The van der Waals surface area contributed by atoms with E-state index in [1.165, 1.54) is 12.8 Å². The molecule has 0 amide bonds. The molecule has 1 saturated carbocycles. The smallest absolute Gasteiger partial charge is 0.140 e. The van der Waals surface area contributed by atoms with E-state index >= 15 is 0 Å². The molecule has 0 aromatic carbocycles. The number of H-pyrrole nitrogens is 1. The third-order valence-electron chi connectivity index (χ3n) is 4.29. The number of aromatic nitrogens is 2. The minimum Gasteiger partial charge on any atom is -0.370 e. The van der Waals surface area contributed by atoms with Crippen molar-refractivity contribution in [3.63, 3.8) is 0 Å². The second-order valence-electron chi connectivity index (χ2n) is 6.06. The second kappa shape index (κ2) is 5.71. The first-order valence-electron chi connectivity index (χ1n) is 7.14. The molecule has 0 spiro atoms. The topological polar surface area (TPSA) is 37.9 Å². The zero-order chi connectivity index (χ0) is 14.0. The number of methoxy groups -OCH3 is 1. The molecule has 4 heteroatoms. The maximum absolute atomic E-state index is 5.86. The summed E-state index contributed by atoms with van der Waals surface area (Å²) in [5.41, 5.74) is 0.871. The van der Waals surface area contributed by atoms with E-state index in [9.17, 15) is 0 Å². The number of aromatic amines is 1. The van der Waals surface area contributed by atoms with Gasteiger partial charge in [-0.1, -0.05) is 33.0 Å². The van der Waals surface area contributed by atoms with Crippen LogP contribution in [0.15, 0.2) is 6.07 Å². The lowest BCUT2D eigenvalue weighted by molar-refractivity contribution is -0.0599. The highest BCUT2D eigenvalue weighted by Gasteiger charge is 2.38. The third-order valence-corrected chi connectivity index (χ3v) is 4.50. The van der Waals surface area contributed by atoms with Crippen LogP contribution in [-0.4, -0.2) is 17.1 Å². The molecule has 1 aliphatic rings. The van der Waals surface area contributed by atoms with E-state index in [-0.39, 0.29) is 5.60 Å². The Labute approximate surface area is 120 Å². The number of ether oxygens (including phenoxy) is 1. The van der Waals surface area contributed by atoms with Gasteiger partial charge in [-0.15, -0.1) is 0 Å². The average molecular weight is 280 g/mol. The summed E-state index contributed by atoms with van der Waals surface area (Å²) in [7, 11) is 1.79. The summed E-state index contributed by atoms with van der Waals surface area (Å²) in [6.07, 6.45) is 4.40. The highest BCUT2D eigenvalue weighted by Crippen LogP contribution is 2.40. The van der Waals surface area contributed by atoms with E-state index in [4.69, 9.17) is 17.0 Å². The molecule has 1 aromatic heterocycles. The van der Waals surface area contributed by atoms with Crippen molar-refractivity contribution < 1.29 is 4.74 Å². The van der Waals surface area contributed by atoms with Crippen LogP contribution in [0.2, 0.25) is 0 Å². The van der Waals surface area contributed by atoms with Crippen molar-refractivity contribution in [3.05, 3.63) is 22.2 Å². The number of rotatable bonds is 3. The molecule has 0 saturated heterocycles. The molecule has 1 N–H and O–H groups in total. The van der Waals surface area contributed by atoms with Crippen molar-refractivity contribution in [2.75, 3.05) is 7.11 Å². The Morgan fingerprint density at radius 3 is 2.58 bits per heavy atom. The number of nitrogens with one attached hydrogen (secondary N) is 1. The molecule has 1 aliphatic carbocycles. The number of nitrogens with zero attached hydrogens (tertiary/aromatic N) is 1. The van der Waals surface area contributed by atoms with Gasteiger partial charge in [0, 0.05) is 12.8 Å². The summed E-state index contributed by atoms with van der Waals surface area (Å²) in [6, 6.07) is 1.96. The third kappa shape index (κ3) is 3.06. The molecule has 19 heavy (non-hydrogen) atoms. The van der Waals surface area contributed by atoms with Gasteiger partial charge in [0.2, 0.25) is 0 Å². The maximum Gasteiger partial charge on any atom is 0.140 e. The van der Waals surface area contributed by atoms with Crippen LogP contribution >= 0.6 is 12.2 Å². The van der Waals surface area contributed by atoms with Crippen molar-refractivity contribution in [3.8, 4) is 0 Å². The first-order chi connectivity index (χ1) is 8.97. The van der Waals surface area contributed by atoms with Crippen molar-refractivity contribution >= 4 is 12.2 Å². The van der Waals surface area contributed by atoms with Crippen molar-refractivity contribution in [2.45, 2.75) is 58.0 Å². The Bertz CT molecular complexity index is 487. The lowest BCUT2D eigenvalue weighted by Crippen LogP contribution is -2.35. The van der Waals surface area contributed by atoms with Crippen LogP contribution in [0.25, 0.3) is 0 Å². The molecule has 0 bridgehead atoms. The fourth-order valence-corrected chi connectivity index (χ4v) is 2.99. The van der Waals surface area contributed by atoms with Gasteiger partial charge in [0.15, 0.2) is 0 Å². The number of hydrogen-bond donors (Lipinski definition) is 1. The zero-order valence-corrected chi connectivity index (χ0v) is 13.1. The van der Waals surface area contributed by atoms with Crippen LogP contribution in [0.1, 0.15) is 63.9 Å². The van der Waals surface area contributed by atoms with E-state index in [1.54, 1.807) is 7.11 Å². The standard InChI is InChI=1S/C15H24N2OS/c1-10(2)12-9-13(19)17-14(16-12)15(18-4)7-5-11(3)6-8-15/h9-11H,5-8H2,1-4H3,(H,16,17,19). The van der Waals surface area contributed by atoms with Crippen LogP contribution in [0.3, 0.4) is 0 Å². The molecular formula is C15H24N2OS. The summed E-state index contributed by atoms with van der Waals surface area (Å²) >= 11 is 5.31. The molecule has 0 radical (unpaired) electrons. The summed E-state index contributed by atoms with van der Waals surface area (Å²) < 4.78 is 6.52. The molecule has 0 aliphatic heterocycles. The second-order valence-corrected chi connectivity index (χ2v) is 6.48. The Balaban J connectivity index is 2.41. The van der Waals surface area contributed by atoms with Crippen molar-refractivity contribution in [1.29, 1.82) is 0 Å².